The second-order valence-corrected chi connectivity index (χ2v) is 5.87. The lowest BCUT2D eigenvalue weighted by Crippen LogP contribution is -2.34. The molecule has 7 heteroatoms. The van der Waals surface area contributed by atoms with Gasteiger partial charge in [-0.05, 0) is 25.0 Å². The number of aliphatic hydroxyl groups excluding tert-OH is 1. The summed E-state index contributed by atoms with van der Waals surface area (Å²) < 4.78 is 1.06. The second kappa shape index (κ2) is 7.35. The van der Waals surface area contributed by atoms with E-state index in [1.54, 1.807) is 7.05 Å². The number of hydrogen-bond acceptors (Lipinski definition) is 5. The molecule has 0 spiro atoms. The Bertz CT molecular complexity index is 579. The van der Waals surface area contributed by atoms with Crippen LogP contribution >= 0.6 is 11.3 Å². The SMILES string of the molecule is CN=C(N)NCCC[C@H](N)C(O)c1nc2ccccc2s1. The first-order valence-electron chi connectivity index (χ1n) is 6.87. The number of aliphatic hydroxyl groups is 1. The van der Waals surface area contributed by atoms with E-state index in [1.165, 1.54) is 11.3 Å². The van der Waals surface area contributed by atoms with Crippen LogP contribution in [0.1, 0.15) is 24.0 Å². The highest BCUT2D eigenvalue weighted by Crippen LogP contribution is 2.28. The van der Waals surface area contributed by atoms with E-state index in [1.807, 2.05) is 24.3 Å². The molecule has 114 valence electrons. The van der Waals surface area contributed by atoms with E-state index < -0.39 is 6.10 Å². The van der Waals surface area contributed by atoms with E-state index in [2.05, 4.69) is 15.3 Å². The Balaban J connectivity index is 1.88. The maximum Gasteiger partial charge on any atom is 0.188 e. The molecule has 1 aromatic carbocycles. The Hall–Kier alpha value is -1.70. The van der Waals surface area contributed by atoms with E-state index in [0.717, 1.165) is 16.6 Å². The van der Waals surface area contributed by atoms with Gasteiger partial charge in [-0.1, -0.05) is 12.1 Å². The third-order valence-electron chi connectivity index (χ3n) is 3.23. The number of benzene rings is 1. The van der Waals surface area contributed by atoms with Crippen LogP contribution in [0.15, 0.2) is 29.3 Å². The van der Waals surface area contributed by atoms with E-state index in [0.29, 0.717) is 23.9 Å². The molecule has 0 aliphatic rings. The van der Waals surface area contributed by atoms with Crippen molar-refractivity contribution in [2.75, 3.05) is 13.6 Å². The number of para-hydroxylation sites is 1. The van der Waals surface area contributed by atoms with Gasteiger partial charge in [-0.2, -0.15) is 0 Å². The van der Waals surface area contributed by atoms with Crippen molar-refractivity contribution >= 4 is 27.5 Å². The number of rotatable bonds is 6. The van der Waals surface area contributed by atoms with Crippen molar-refractivity contribution in [3.8, 4) is 0 Å². The van der Waals surface area contributed by atoms with Crippen LogP contribution in [0.2, 0.25) is 0 Å². The Morgan fingerprint density at radius 1 is 1.48 bits per heavy atom. The van der Waals surface area contributed by atoms with E-state index in [4.69, 9.17) is 11.5 Å². The molecule has 0 saturated carbocycles. The number of aromatic nitrogens is 1. The van der Waals surface area contributed by atoms with E-state index >= 15 is 0 Å². The smallest absolute Gasteiger partial charge is 0.188 e. The average molecular weight is 307 g/mol. The van der Waals surface area contributed by atoms with Crippen LogP contribution in [-0.4, -0.2) is 35.7 Å². The van der Waals surface area contributed by atoms with Gasteiger partial charge < -0.3 is 21.9 Å². The van der Waals surface area contributed by atoms with Gasteiger partial charge >= 0.3 is 0 Å². The lowest BCUT2D eigenvalue weighted by molar-refractivity contribution is 0.141. The zero-order valence-corrected chi connectivity index (χ0v) is 12.8. The third-order valence-corrected chi connectivity index (χ3v) is 4.34. The van der Waals surface area contributed by atoms with Crippen LogP contribution in [0.3, 0.4) is 0 Å². The lowest BCUT2D eigenvalue weighted by atomic mass is 10.1. The molecular weight excluding hydrogens is 286 g/mol. The van der Waals surface area contributed by atoms with Crippen LogP contribution in [0.5, 0.6) is 0 Å². The molecule has 1 unspecified atom stereocenters. The fourth-order valence-corrected chi connectivity index (χ4v) is 3.02. The maximum absolute atomic E-state index is 10.3. The number of nitrogens with one attached hydrogen (secondary N) is 1. The molecule has 0 saturated heterocycles. The van der Waals surface area contributed by atoms with Gasteiger partial charge in [-0.3, -0.25) is 4.99 Å². The molecule has 0 aliphatic heterocycles. The summed E-state index contributed by atoms with van der Waals surface area (Å²) in [4.78, 5) is 8.24. The number of nitrogens with zero attached hydrogens (tertiary/aromatic N) is 2. The van der Waals surface area contributed by atoms with Crippen molar-refractivity contribution in [3.63, 3.8) is 0 Å². The minimum atomic E-state index is -0.736. The molecular formula is C14H21N5OS. The van der Waals surface area contributed by atoms with Crippen LogP contribution in [-0.2, 0) is 0 Å². The Kier molecular flexibility index (Phi) is 5.49. The summed E-state index contributed by atoms with van der Waals surface area (Å²) in [7, 11) is 1.63. The van der Waals surface area contributed by atoms with E-state index in [9.17, 15) is 5.11 Å². The Labute approximate surface area is 127 Å². The summed E-state index contributed by atoms with van der Waals surface area (Å²) in [6, 6.07) is 7.48. The largest absolute Gasteiger partial charge is 0.384 e. The number of hydrogen-bond donors (Lipinski definition) is 4. The zero-order valence-electron chi connectivity index (χ0n) is 12.0. The molecule has 1 aromatic heterocycles. The molecule has 2 aromatic rings. The lowest BCUT2D eigenvalue weighted by Gasteiger charge is -2.16. The third kappa shape index (κ3) is 4.13. The summed E-state index contributed by atoms with van der Waals surface area (Å²) in [5, 5.41) is 13.9. The molecule has 2 rings (SSSR count). The fourth-order valence-electron chi connectivity index (χ4n) is 1.99. The summed E-state index contributed by atoms with van der Waals surface area (Å²) in [6.07, 6.45) is 0.750. The topological polar surface area (TPSA) is 110 Å². The first-order chi connectivity index (χ1) is 10.1. The monoisotopic (exact) mass is 307 g/mol. The molecule has 21 heavy (non-hydrogen) atoms. The molecule has 0 amide bonds. The highest BCUT2D eigenvalue weighted by molar-refractivity contribution is 7.18. The molecule has 0 aliphatic carbocycles. The van der Waals surface area contributed by atoms with Gasteiger partial charge in [-0.25, -0.2) is 4.98 Å². The van der Waals surface area contributed by atoms with Gasteiger partial charge in [-0.15, -0.1) is 11.3 Å². The van der Waals surface area contributed by atoms with Gasteiger partial charge in [0.05, 0.1) is 10.2 Å². The summed E-state index contributed by atoms with van der Waals surface area (Å²) in [5.41, 5.74) is 12.5. The molecule has 0 radical (unpaired) electrons. The van der Waals surface area contributed by atoms with Crippen molar-refractivity contribution in [3.05, 3.63) is 29.3 Å². The van der Waals surface area contributed by atoms with Crippen LogP contribution < -0.4 is 16.8 Å². The molecule has 0 fully saturated rings. The molecule has 6 nitrogen and oxygen atoms in total. The van der Waals surface area contributed by atoms with Crippen LogP contribution in [0.25, 0.3) is 10.2 Å². The summed E-state index contributed by atoms with van der Waals surface area (Å²) >= 11 is 1.49. The molecule has 2 atom stereocenters. The van der Waals surface area contributed by atoms with Gasteiger partial charge in [0.25, 0.3) is 0 Å². The van der Waals surface area contributed by atoms with Crippen molar-refractivity contribution < 1.29 is 5.11 Å². The average Bonchev–Trinajstić information content (AvgIpc) is 2.94. The fraction of sp³-hybridized carbons (Fsp3) is 0.429. The van der Waals surface area contributed by atoms with Gasteiger partial charge in [0, 0.05) is 19.6 Å². The quantitative estimate of drug-likeness (QED) is 0.361. The Morgan fingerprint density at radius 3 is 2.95 bits per heavy atom. The normalized spacial score (nSPS) is 15.1. The van der Waals surface area contributed by atoms with Crippen molar-refractivity contribution in [2.24, 2.45) is 16.5 Å². The maximum atomic E-state index is 10.3. The molecule has 1 heterocycles. The molecule has 6 N–H and O–H groups in total. The van der Waals surface area contributed by atoms with Crippen molar-refractivity contribution in [2.45, 2.75) is 25.0 Å². The minimum absolute atomic E-state index is 0.341. The number of nitrogens with two attached hydrogens (primary N) is 2. The Morgan fingerprint density at radius 2 is 2.24 bits per heavy atom. The summed E-state index contributed by atoms with van der Waals surface area (Å²) in [6.45, 7) is 0.684. The standard InChI is InChI=1S/C14H21N5OS/c1-17-14(16)18-8-4-5-9(15)12(20)13-19-10-6-2-3-7-11(10)21-13/h2-3,6-7,9,12,20H,4-5,8,15H2,1H3,(H3,16,17,18)/t9-,12?/m0/s1. The molecule has 0 bridgehead atoms. The van der Waals surface area contributed by atoms with Gasteiger partial charge in [0.15, 0.2) is 5.96 Å². The van der Waals surface area contributed by atoms with Crippen molar-refractivity contribution in [1.29, 1.82) is 0 Å². The number of aliphatic imine (C=N–C) groups is 1. The first kappa shape index (κ1) is 15.7. The first-order valence-corrected chi connectivity index (χ1v) is 7.68. The van der Waals surface area contributed by atoms with E-state index in [-0.39, 0.29) is 6.04 Å². The zero-order chi connectivity index (χ0) is 15.2. The minimum Gasteiger partial charge on any atom is -0.384 e. The highest BCUT2D eigenvalue weighted by atomic mass is 32.1. The predicted molar refractivity (Wildman–Crippen MR) is 87.3 cm³/mol. The number of fused-ring (bicyclic) bond motifs is 1. The number of thiazole rings is 1. The van der Waals surface area contributed by atoms with Crippen molar-refractivity contribution in [1.82, 2.24) is 10.3 Å². The van der Waals surface area contributed by atoms with Crippen LogP contribution in [0.4, 0.5) is 0 Å². The predicted octanol–water partition coefficient (Wildman–Crippen LogP) is 0.971. The van der Waals surface area contributed by atoms with Crippen LogP contribution in [0, 0.1) is 0 Å². The summed E-state index contributed by atoms with van der Waals surface area (Å²) in [5.74, 6) is 0.412. The van der Waals surface area contributed by atoms with Gasteiger partial charge in [0.2, 0.25) is 0 Å². The number of guanidine groups is 1. The van der Waals surface area contributed by atoms with Gasteiger partial charge in [0.1, 0.15) is 11.1 Å². The second-order valence-electron chi connectivity index (χ2n) is 4.81. The highest BCUT2D eigenvalue weighted by Gasteiger charge is 2.20.